The summed E-state index contributed by atoms with van der Waals surface area (Å²) < 4.78 is 15.4. The van der Waals surface area contributed by atoms with E-state index >= 15 is 0 Å². The van der Waals surface area contributed by atoms with Crippen molar-refractivity contribution in [2.75, 3.05) is 5.75 Å². The summed E-state index contributed by atoms with van der Waals surface area (Å²) in [7, 11) is 0. The Morgan fingerprint density at radius 1 is 1.27 bits per heavy atom. The standard InChI is InChI=1S/C20H16FN3OS/c1-13-8-18(14(2)24(13)17-5-3-4-16(21)10-17)19(25)12-26-20-9-15(11-22)6-7-23-20/h3-10H,12H2,1-2H3. The van der Waals surface area contributed by atoms with Crippen molar-refractivity contribution < 1.29 is 9.18 Å². The number of ketones is 1. The SMILES string of the molecule is Cc1cc(C(=O)CSc2cc(C#N)ccn2)c(C)n1-c1cccc(F)c1. The van der Waals surface area contributed by atoms with E-state index in [1.54, 1.807) is 24.4 Å². The van der Waals surface area contributed by atoms with Crippen LogP contribution in [0.4, 0.5) is 4.39 Å². The zero-order chi connectivity index (χ0) is 18.7. The molecule has 26 heavy (non-hydrogen) atoms. The van der Waals surface area contributed by atoms with Crippen molar-refractivity contribution in [2.45, 2.75) is 18.9 Å². The Bertz CT molecular complexity index is 1020. The van der Waals surface area contributed by atoms with Gasteiger partial charge in [0.15, 0.2) is 5.78 Å². The molecule has 130 valence electrons. The van der Waals surface area contributed by atoms with E-state index < -0.39 is 0 Å². The van der Waals surface area contributed by atoms with Crippen LogP contribution in [0, 0.1) is 31.0 Å². The van der Waals surface area contributed by atoms with Gasteiger partial charge in [0.1, 0.15) is 5.82 Å². The van der Waals surface area contributed by atoms with Crippen LogP contribution in [0.25, 0.3) is 5.69 Å². The first kappa shape index (κ1) is 17.9. The molecule has 0 fully saturated rings. The maximum atomic E-state index is 13.5. The van der Waals surface area contributed by atoms with Crippen LogP contribution in [0.1, 0.15) is 27.3 Å². The van der Waals surface area contributed by atoms with Crippen LogP contribution in [0.5, 0.6) is 0 Å². The summed E-state index contributed by atoms with van der Waals surface area (Å²) in [5.74, 6) is -0.133. The molecule has 0 aliphatic heterocycles. The van der Waals surface area contributed by atoms with Crippen LogP contribution in [0.15, 0.2) is 53.7 Å². The monoisotopic (exact) mass is 365 g/mol. The molecule has 0 amide bonds. The summed E-state index contributed by atoms with van der Waals surface area (Å²) in [4.78, 5) is 16.8. The molecule has 0 atom stereocenters. The maximum Gasteiger partial charge on any atom is 0.174 e. The highest BCUT2D eigenvalue weighted by molar-refractivity contribution is 7.99. The predicted octanol–water partition coefficient (Wildman–Crippen LogP) is 4.47. The maximum absolute atomic E-state index is 13.5. The zero-order valence-electron chi connectivity index (χ0n) is 14.4. The molecule has 1 aromatic carbocycles. The first-order chi connectivity index (χ1) is 12.5. The summed E-state index contributed by atoms with van der Waals surface area (Å²) in [5, 5.41) is 9.57. The Labute approximate surface area is 155 Å². The Morgan fingerprint density at radius 2 is 2.08 bits per heavy atom. The van der Waals surface area contributed by atoms with Gasteiger partial charge >= 0.3 is 0 Å². The first-order valence-electron chi connectivity index (χ1n) is 7.96. The van der Waals surface area contributed by atoms with E-state index in [2.05, 4.69) is 11.1 Å². The minimum Gasteiger partial charge on any atom is -0.318 e. The third kappa shape index (κ3) is 3.68. The Hall–Kier alpha value is -2.91. The van der Waals surface area contributed by atoms with Gasteiger partial charge in [0.25, 0.3) is 0 Å². The van der Waals surface area contributed by atoms with Crippen LogP contribution in [0.3, 0.4) is 0 Å². The van der Waals surface area contributed by atoms with Gasteiger partial charge in [-0.05, 0) is 50.2 Å². The van der Waals surface area contributed by atoms with Gasteiger partial charge in [-0.2, -0.15) is 5.26 Å². The molecule has 6 heteroatoms. The molecule has 0 radical (unpaired) electrons. The lowest BCUT2D eigenvalue weighted by Gasteiger charge is -2.10. The van der Waals surface area contributed by atoms with Gasteiger partial charge in [-0.1, -0.05) is 17.8 Å². The third-order valence-electron chi connectivity index (χ3n) is 4.01. The molecule has 2 aromatic heterocycles. The van der Waals surface area contributed by atoms with Gasteiger partial charge in [-0.15, -0.1) is 0 Å². The fraction of sp³-hybridized carbons (Fsp3) is 0.150. The summed E-state index contributed by atoms with van der Waals surface area (Å²) in [6.45, 7) is 3.74. The fourth-order valence-corrected chi connectivity index (χ4v) is 3.61. The van der Waals surface area contributed by atoms with Gasteiger partial charge < -0.3 is 4.57 Å². The van der Waals surface area contributed by atoms with E-state index in [4.69, 9.17) is 5.26 Å². The molecule has 0 aliphatic carbocycles. The van der Waals surface area contributed by atoms with E-state index in [1.165, 1.54) is 23.9 Å². The zero-order valence-corrected chi connectivity index (χ0v) is 15.2. The fourth-order valence-electron chi connectivity index (χ4n) is 2.83. The second-order valence-corrected chi connectivity index (χ2v) is 6.80. The topological polar surface area (TPSA) is 58.7 Å². The number of nitrogens with zero attached hydrogens (tertiary/aromatic N) is 3. The molecule has 0 unspecified atom stereocenters. The molecular weight excluding hydrogens is 349 g/mol. The Morgan fingerprint density at radius 3 is 2.81 bits per heavy atom. The lowest BCUT2D eigenvalue weighted by atomic mass is 10.2. The number of aryl methyl sites for hydroxylation is 1. The van der Waals surface area contributed by atoms with Crippen molar-refractivity contribution in [2.24, 2.45) is 0 Å². The van der Waals surface area contributed by atoms with E-state index in [9.17, 15) is 9.18 Å². The van der Waals surface area contributed by atoms with Gasteiger partial charge in [0.2, 0.25) is 0 Å². The van der Waals surface area contributed by atoms with E-state index in [1.807, 2.05) is 30.5 Å². The highest BCUT2D eigenvalue weighted by Crippen LogP contribution is 2.24. The quantitative estimate of drug-likeness (QED) is 0.494. The average Bonchev–Trinajstić information content (AvgIpc) is 2.94. The number of aromatic nitrogens is 2. The normalized spacial score (nSPS) is 10.5. The number of carbonyl (C=O) groups is 1. The second kappa shape index (κ2) is 7.54. The number of Topliss-reactive ketones (excluding diaryl/α,β-unsaturated/α-hetero) is 1. The number of rotatable bonds is 5. The summed E-state index contributed by atoms with van der Waals surface area (Å²) in [5.41, 5.74) is 3.45. The van der Waals surface area contributed by atoms with Crippen LogP contribution in [-0.2, 0) is 0 Å². The lowest BCUT2D eigenvalue weighted by molar-refractivity contribution is 0.102. The van der Waals surface area contributed by atoms with Gasteiger partial charge in [-0.3, -0.25) is 4.79 Å². The van der Waals surface area contributed by atoms with Crippen LogP contribution in [-0.4, -0.2) is 21.1 Å². The minimum atomic E-state index is -0.318. The molecule has 0 saturated heterocycles. The van der Waals surface area contributed by atoms with E-state index in [0.717, 1.165) is 11.4 Å². The molecule has 3 aromatic rings. The molecule has 0 spiro atoms. The number of carbonyl (C=O) groups excluding carboxylic acids is 1. The van der Waals surface area contributed by atoms with Crippen molar-refractivity contribution in [3.05, 3.63) is 77.0 Å². The second-order valence-electron chi connectivity index (χ2n) is 5.81. The van der Waals surface area contributed by atoms with Crippen molar-refractivity contribution in [1.82, 2.24) is 9.55 Å². The number of hydrogen-bond acceptors (Lipinski definition) is 4. The Kier molecular flexibility index (Phi) is 5.19. The van der Waals surface area contributed by atoms with Gasteiger partial charge in [0.05, 0.1) is 22.4 Å². The molecule has 2 heterocycles. The van der Waals surface area contributed by atoms with Crippen LogP contribution >= 0.6 is 11.8 Å². The first-order valence-corrected chi connectivity index (χ1v) is 8.95. The summed E-state index contributed by atoms with van der Waals surface area (Å²) in [6, 6.07) is 13.5. The number of pyridine rings is 1. The lowest BCUT2D eigenvalue weighted by Crippen LogP contribution is -2.06. The summed E-state index contributed by atoms with van der Waals surface area (Å²) in [6.07, 6.45) is 1.56. The molecule has 0 aliphatic rings. The highest BCUT2D eigenvalue weighted by atomic mass is 32.2. The van der Waals surface area contributed by atoms with Crippen molar-refractivity contribution in [3.63, 3.8) is 0 Å². The number of thioether (sulfide) groups is 1. The van der Waals surface area contributed by atoms with Crippen molar-refractivity contribution in [3.8, 4) is 11.8 Å². The third-order valence-corrected chi connectivity index (χ3v) is 4.94. The highest BCUT2D eigenvalue weighted by Gasteiger charge is 2.17. The van der Waals surface area contributed by atoms with Crippen LogP contribution in [0.2, 0.25) is 0 Å². The van der Waals surface area contributed by atoms with E-state index in [0.29, 0.717) is 21.8 Å². The van der Waals surface area contributed by atoms with E-state index in [-0.39, 0.29) is 17.4 Å². The molecule has 3 rings (SSSR count). The molecule has 0 N–H and O–H groups in total. The molecule has 0 bridgehead atoms. The molecule has 0 saturated carbocycles. The van der Waals surface area contributed by atoms with Gasteiger partial charge in [0, 0.05) is 28.8 Å². The number of benzene rings is 1. The predicted molar refractivity (Wildman–Crippen MR) is 99.2 cm³/mol. The summed E-state index contributed by atoms with van der Waals surface area (Å²) >= 11 is 1.29. The minimum absolute atomic E-state index is 0.0325. The van der Waals surface area contributed by atoms with Crippen LogP contribution < -0.4 is 0 Å². The Balaban J connectivity index is 1.82. The average molecular weight is 365 g/mol. The van der Waals surface area contributed by atoms with Crippen molar-refractivity contribution in [1.29, 1.82) is 5.26 Å². The molecular formula is C20H16FN3OS. The molecule has 4 nitrogen and oxygen atoms in total. The smallest absolute Gasteiger partial charge is 0.174 e. The van der Waals surface area contributed by atoms with Gasteiger partial charge in [-0.25, -0.2) is 9.37 Å². The number of nitriles is 1. The number of hydrogen-bond donors (Lipinski definition) is 0. The number of halogens is 1. The van der Waals surface area contributed by atoms with Crippen molar-refractivity contribution >= 4 is 17.5 Å². The largest absolute Gasteiger partial charge is 0.318 e.